The first kappa shape index (κ1) is 17.2. The number of carboxylic acid groups (broad SMARTS) is 1. The molecule has 6 nitrogen and oxygen atoms in total. The fraction of sp³-hybridized carbons (Fsp3) is 0.357. The smallest absolute Gasteiger partial charge is 0.308 e. The van der Waals surface area contributed by atoms with Gasteiger partial charge in [-0.3, -0.25) is 14.4 Å². The molecule has 0 saturated heterocycles. The lowest BCUT2D eigenvalue weighted by molar-refractivity contribution is -0.142. The summed E-state index contributed by atoms with van der Waals surface area (Å²) in [4.78, 5) is 34.2. The summed E-state index contributed by atoms with van der Waals surface area (Å²) in [7, 11) is 0. The van der Waals surface area contributed by atoms with E-state index in [1.54, 1.807) is 31.2 Å². The van der Waals surface area contributed by atoms with Crippen molar-refractivity contribution in [3.8, 4) is 0 Å². The van der Waals surface area contributed by atoms with Gasteiger partial charge in [0.05, 0.1) is 12.5 Å². The van der Waals surface area contributed by atoms with E-state index in [0.29, 0.717) is 5.56 Å². The second-order valence-electron chi connectivity index (χ2n) is 4.67. The molecule has 1 aromatic carbocycles. The first-order valence-corrected chi connectivity index (χ1v) is 7.16. The first-order valence-electron chi connectivity index (χ1n) is 6.37. The van der Waals surface area contributed by atoms with Crippen LogP contribution in [0.15, 0.2) is 28.7 Å². The largest absolute Gasteiger partial charge is 0.481 e. The van der Waals surface area contributed by atoms with Crippen LogP contribution in [-0.2, 0) is 9.59 Å². The zero-order valence-corrected chi connectivity index (χ0v) is 13.3. The summed E-state index contributed by atoms with van der Waals surface area (Å²) in [5.74, 6) is -2.48. The molecular formula is C14H17BrN2O4. The predicted octanol–water partition coefficient (Wildman–Crippen LogP) is 1.40. The van der Waals surface area contributed by atoms with Gasteiger partial charge in [0.1, 0.15) is 0 Å². The van der Waals surface area contributed by atoms with E-state index in [2.05, 4.69) is 26.6 Å². The number of carbonyl (C=O) groups excluding carboxylic acids is 2. The number of aliphatic carboxylic acids is 1. The number of hydrogen-bond acceptors (Lipinski definition) is 3. The van der Waals surface area contributed by atoms with Gasteiger partial charge in [0, 0.05) is 16.1 Å². The molecule has 0 bridgehead atoms. The van der Waals surface area contributed by atoms with Crippen LogP contribution in [0.25, 0.3) is 0 Å². The van der Waals surface area contributed by atoms with E-state index in [4.69, 9.17) is 5.11 Å². The molecule has 2 amide bonds. The van der Waals surface area contributed by atoms with Crippen LogP contribution in [0, 0.1) is 5.92 Å². The van der Waals surface area contributed by atoms with E-state index in [1.165, 1.54) is 6.92 Å². The van der Waals surface area contributed by atoms with Crippen molar-refractivity contribution in [2.75, 3.05) is 6.54 Å². The summed E-state index contributed by atoms with van der Waals surface area (Å²) in [6, 6.07) is 6.20. The standard InChI is InChI=1S/C14H17BrN2O4/c1-8(14(20)21)9(2)17-12(18)7-16-13(19)10-3-5-11(15)6-4-10/h3-6,8-9H,7H2,1-2H3,(H,16,19)(H,17,18)(H,20,21). The minimum absolute atomic E-state index is 0.203. The third-order valence-electron chi connectivity index (χ3n) is 3.04. The third kappa shape index (κ3) is 5.55. The van der Waals surface area contributed by atoms with E-state index in [1.807, 2.05) is 0 Å². The first-order chi connectivity index (χ1) is 9.81. The molecule has 0 heterocycles. The molecule has 0 aliphatic rings. The monoisotopic (exact) mass is 356 g/mol. The van der Waals surface area contributed by atoms with Crippen molar-refractivity contribution in [2.45, 2.75) is 19.9 Å². The van der Waals surface area contributed by atoms with Crippen LogP contribution in [0.4, 0.5) is 0 Å². The maximum atomic E-state index is 11.8. The summed E-state index contributed by atoms with van der Waals surface area (Å²) in [6.45, 7) is 2.91. The molecule has 0 saturated carbocycles. The summed E-state index contributed by atoms with van der Waals surface area (Å²) in [5.41, 5.74) is 0.443. The van der Waals surface area contributed by atoms with Crippen molar-refractivity contribution in [3.05, 3.63) is 34.3 Å². The van der Waals surface area contributed by atoms with Gasteiger partial charge in [-0.2, -0.15) is 0 Å². The number of benzene rings is 1. The Balaban J connectivity index is 2.44. The SMILES string of the molecule is CC(NC(=O)CNC(=O)c1ccc(Br)cc1)C(C)C(=O)O. The molecule has 0 spiro atoms. The second-order valence-corrected chi connectivity index (χ2v) is 5.59. The van der Waals surface area contributed by atoms with E-state index >= 15 is 0 Å². The lowest BCUT2D eigenvalue weighted by atomic mass is 10.0. The minimum atomic E-state index is -0.985. The van der Waals surface area contributed by atoms with E-state index in [9.17, 15) is 14.4 Å². The molecule has 3 N–H and O–H groups in total. The summed E-state index contributed by atoms with van der Waals surface area (Å²) < 4.78 is 0.855. The second kappa shape index (κ2) is 7.78. The number of carbonyl (C=O) groups is 3. The van der Waals surface area contributed by atoms with Crippen molar-refractivity contribution < 1.29 is 19.5 Å². The molecule has 2 atom stereocenters. The van der Waals surface area contributed by atoms with Crippen LogP contribution in [0.5, 0.6) is 0 Å². The molecule has 2 unspecified atom stereocenters. The van der Waals surface area contributed by atoms with Crippen molar-refractivity contribution in [1.29, 1.82) is 0 Å². The molecule has 7 heteroatoms. The summed E-state index contributed by atoms with van der Waals surface area (Å²) in [5, 5.41) is 13.8. The lowest BCUT2D eigenvalue weighted by Crippen LogP contribution is -2.44. The van der Waals surface area contributed by atoms with Crippen LogP contribution >= 0.6 is 15.9 Å². The van der Waals surface area contributed by atoms with Gasteiger partial charge in [0.25, 0.3) is 5.91 Å². The maximum Gasteiger partial charge on any atom is 0.308 e. The number of hydrogen-bond donors (Lipinski definition) is 3. The zero-order valence-electron chi connectivity index (χ0n) is 11.7. The van der Waals surface area contributed by atoms with Crippen LogP contribution in [-0.4, -0.2) is 35.5 Å². The van der Waals surface area contributed by atoms with Crippen molar-refractivity contribution in [1.82, 2.24) is 10.6 Å². The molecule has 0 fully saturated rings. The summed E-state index contributed by atoms with van der Waals surface area (Å²) >= 11 is 3.27. The number of halogens is 1. The minimum Gasteiger partial charge on any atom is -0.481 e. The molecule has 114 valence electrons. The highest BCUT2D eigenvalue weighted by Crippen LogP contribution is 2.10. The van der Waals surface area contributed by atoms with Gasteiger partial charge in [-0.05, 0) is 38.1 Å². The van der Waals surface area contributed by atoms with Gasteiger partial charge >= 0.3 is 5.97 Å². The fourth-order valence-electron chi connectivity index (χ4n) is 1.51. The summed E-state index contributed by atoms with van der Waals surface area (Å²) in [6.07, 6.45) is 0. The average Bonchev–Trinajstić information content (AvgIpc) is 2.44. The molecule has 0 aliphatic heterocycles. The molecular weight excluding hydrogens is 340 g/mol. The quantitative estimate of drug-likeness (QED) is 0.717. The van der Waals surface area contributed by atoms with Gasteiger partial charge in [-0.25, -0.2) is 0 Å². The molecule has 0 aromatic heterocycles. The van der Waals surface area contributed by atoms with Gasteiger partial charge in [-0.1, -0.05) is 15.9 Å². The molecule has 1 rings (SSSR count). The highest BCUT2D eigenvalue weighted by atomic mass is 79.9. The topological polar surface area (TPSA) is 95.5 Å². The van der Waals surface area contributed by atoms with Crippen LogP contribution in [0.2, 0.25) is 0 Å². The average molecular weight is 357 g/mol. The highest BCUT2D eigenvalue weighted by Gasteiger charge is 2.21. The van der Waals surface area contributed by atoms with Crippen LogP contribution < -0.4 is 10.6 Å². The molecule has 1 aromatic rings. The third-order valence-corrected chi connectivity index (χ3v) is 3.57. The maximum absolute atomic E-state index is 11.8. The normalized spacial score (nSPS) is 13.1. The van der Waals surface area contributed by atoms with Crippen molar-refractivity contribution in [3.63, 3.8) is 0 Å². The Morgan fingerprint density at radius 3 is 2.29 bits per heavy atom. The van der Waals surface area contributed by atoms with Crippen LogP contribution in [0.1, 0.15) is 24.2 Å². The van der Waals surface area contributed by atoms with E-state index in [0.717, 1.165) is 4.47 Å². The zero-order chi connectivity index (χ0) is 16.0. The van der Waals surface area contributed by atoms with Gasteiger partial charge in [0.2, 0.25) is 5.91 Å². The van der Waals surface area contributed by atoms with Crippen LogP contribution in [0.3, 0.4) is 0 Å². The van der Waals surface area contributed by atoms with Crippen molar-refractivity contribution >= 4 is 33.7 Å². The lowest BCUT2D eigenvalue weighted by Gasteiger charge is -2.17. The van der Waals surface area contributed by atoms with Crippen molar-refractivity contribution in [2.24, 2.45) is 5.92 Å². The number of rotatable bonds is 6. The number of nitrogens with one attached hydrogen (secondary N) is 2. The Bertz CT molecular complexity index is 530. The molecule has 0 radical (unpaired) electrons. The van der Waals surface area contributed by atoms with Gasteiger partial charge in [0.15, 0.2) is 0 Å². The van der Waals surface area contributed by atoms with E-state index in [-0.39, 0.29) is 12.5 Å². The Labute approximate surface area is 131 Å². The fourth-order valence-corrected chi connectivity index (χ4v) is 1.77. The molecule has 21 heavy (non-hydrogen) atoms. The highest BCUT2D eigenvalue weighted by molar-refractivity contribution is 9.10. The van der Waals surface area contributed by atoms with Gasteiger partial charge < -0.3 is 15.7 Å². The Morgan fingerprint density at radius 2 is 1.76 bits per heavy atom. The van der Waals surface area contributed by atoms with Gasteiger partial charge in [-0.15, -0.1) is 0 Å². The number of carboxylic acids is 1. The molecule has 0 aliphatic carbocycles. The Kier molecular flexibility index (Phi) is 6.36. The number of amides is 2. The Hall–Kier alpha value is -1.89. The van der Waals surface area contributed by atoms with E-state index < -0.39 is 23.8 Å². The predicted molar refractivity (Wildman–Crippen MR) is 80.9 cm³/mol. The Morgan fingerprint density at radius 1 is 1.19 bits per heavy atom.